The number of nitrogens with zero attached hydrogens (tertiary/aromatic N) is 1. The van der Waals surface area contributed by atoms with E-state index in [1.54, 1.807) is 37.3 Å². The molecule has 0 radical (unpaired) electrons. The number of para-hydroxylation sites is 3. The van der Waals surface area contributed by atoms with Crippen molar-refractivity contribution < 1.29 is 17.9 Å². The number of rotatable bonds is 9. The first kappa shape index (κ1) is 24.0. The fourth-order valence-electron chi connectivity index (χ4n) is 3.04. The van der Waals surface area contributed by atoms with Crippen LogP contribution in [0.4, 0.5) is 11.4 Å². The second kappa shape index (κ2) is 10.8. The lowest BCUT2D eigenvalue weighted by Crippen LogP contribution is -2.38. The summed E-state index contributed by atoms with van der Waals surface area (Å²) in [6.07, 6.45) is 1.90. The summed E-state index contributed by atoms with van der Waals surface area (Å²) in [6.45, 7) is 1.72. The molecule has 3 rings (SSSR count). The number of carbonyl (C=O) groups is 1. The number of anilines is 2. The van der Waals surface area contributed by atoms with Crippen LogP contribution in [-0.4, -0.2) is 33.7 Å². The Bertz CT molecular complexity index is 1180. The van der Waals surface area contributed by atoms with Gasteiger partial charge < -0.3 is 10.1 Å². The zero-order chi connectivity index (χ0) is 23.1. The second-order valence-electron chi connectivity index (χ2n) is 6.61. The summed E-state index contributed by atoms with van der Waals surface area (Å²) < 4.78 is 33.8. The molecule has 0 spiro atoms. The van der Waals surface area contributed by atoms with Crippen molar-refractivity contribution in [1.29, 1.82) is 0 Å². The molecule has 0 aliphatic heterocycles. The fraction of sp³-hybridized carbons (Fsp3) is 0.174. The monoisotopic (exact) mass is 490 g/mol. The zero-order valence-corrected chi connectivity index (χ0v) is 20.0. The van der Waals surface area contributed by atoms with Gasteiger partial charge in [0.1, 0.15) is 12.3 Å². The van der Waals surface area contributed by atoms with Gasteiger partial charge in [-0.25, -0.2) is 8.42 Å². The van der Waals surface area contributed by atoms with E-state index in [2.05, 4.69) is 5.32 Å². The molecule has 0 aromatic heterocycles. The molecule has 1 N–H and O–H groups in total. The van der Waals surface area contributed by atoms with Crippen molar-refractivity contribution >= 4 is 50.7 Å². The predicted octanol–water partition coefficient (Wildman–Crippen LogP) is 5.29. The van der Waals surface area contributed by atoms with Crippen LogP contribution >= 0.6 is 23.4 Å². The fourth-order valence-corrected chi connectivity index (χ4v) is 5.15. The summed E-state index contributed by atoms with van der Waals surface area (Å²) in [5.41, 5.74) is 0.893. The topological polar surface area (TPSA) is 75.7 Å². The Hall–Kier alpha value is -2.68. The average molecular weight is 491 g/mol. The molecule has 0 saturated carbocycles. The van der Waals surface area contributed by atoms with E-state index in [4.69, 9.17) is 16.3 Å². The normalized spacial score (nSPS) is 11.1. The Balaban J connectivity index is 2.01. The maximum absolute atomic E-state index is 13.6. The number of hydrogen-bond acceptors (Lipinski definition) is 5. The smallest absolute Gasteiger partial charge is 0.264 e. The van der Waals surface area contributed by atoms with Gasteiger partial charge in [-0.1, -0.05) is 35.9 Å². The maximum Gasteiger partial charge on any atom is 0.264 e. The minimum absolute atomic E-state index is 0.0190. The van der Waals surface area contributed by atoms with Crippen molar-refractivity contribution in [2.75, 3.05) is 29.0 Å². The molecule has 0 aliphatic carbocycles. The molecule has 0 fully saturated rings. The Morgan fingerprint density at radius 2 is 1.69 bits per heavy atom. The molecule has 0 bridgehead atoms. The van der Waals surface area contributed by atoms with Crippen molar-refractivity contribution in [3.8, 4) is 5.75 Å². The van der Waals surface area contributed by atoms with Gasteiger partial charge in [0, 0.05) is 9.92 Å². The number of thioether (sulfide) groups is 1. The molecular formula is C23H23ClN2O4S2. The third-order valence-electron chi connectivity index (χ3n) is 4.50. The van der Waals surface area contributed by atoms with Crippen LogP contribution in [0.5, 0.6) is 5.75 Å². The number of carbonyl (C=O) groups excluding carboxylic acids is 1. The molecule has 0 heterocycles. The SMILES string of the molecule is CCOc1ccccc1N(CC(=O)Nc1ccccc1SC)S(=O)(=O)c1ccc(Cl)cc1. The van der Waals surface area contributed by atoms with Gasteiger partial charge in [-0.15, -0.1) is 11.8 Å². The van der Waals surface area contributed by atoms with E-state index in [-0.39, 0.29) is 10.6 Å². The lowest BCUT2D eigenvalue weighted by atomic mass is 10.3. The number of halogens is 1. The Kier molecular flexibility index (Phi) is 8.06. The van der Waals surface area contributed by atoms with Crippen LogP contribution < -0.4 is 14.4 Å². The summed E-state index contributed by atoms with van der Waals surface area (Å²) in [6, 6.07) is 19.9. The molecule has 1 amide bonds. The Labute approximate surface area is 197 Å². The molecule has 32 heavy (non-hydrogen) atoms. The Morgan fingerprint density at radius 3 is 2.38 bits per heavy atom. The third kappa shape index (κ3) is 5.56. The summed E-state index contributed by atoms with van der Waals surface area (Å²) >= 11 is 7.42. The van der Waals surface area contributed by atoms with Crippen LogP contribution in [0.2, 0.25) is 5.02 Å². The molecule has 0 saturated heterocycles. The van der Waals surface area contributed by atoms with Crippen LogP contribution in [0.1, 0.15) is 6.92 Å². The highest BCUT2D eigenvalue weighted by molar-refractivity contribution is 7.98. The van der Waals surface area contributed by atoms with Crippen LogP contribution in [0.15, 0.2) is 82.6 Å². The quantitative estimate of drug-likeness (QED) is 0.412. The van der Waals surface area contributed by atoms with Gasteiger partial charge in [-0.2, -0.15) is 0 Å². The maximum atomic E-state index is 13.6. The van der Waals surface area contributed by atoms with Crippen LogP contribution in [0.3, 0.4) is 0 Å². The number of nitrogens with one attached hydrogen (secondary N) is 1. The summed E-state index contributed by atoms with van der Waals surface area (Å²) in [5.74, 6) is -0.111. The summed E-state index contributed by atoms with van der Waals surface area (Å²) in [7, 11) is -4.09. The standard InChI is InChI=1S/C23H23ClN2O4S2/c1-3-30-21-10-6-5-9-20(21)26(32(28,29)18-14-12-17(24)13-15-18)16-23(27)25-19-8-4-7-11-22(19)31-2/h4-15H,3,16H2,1-2H3,(H,25,27). The van der Waals surface area contributed by atoms with Crippen molar-refractivity contribution in [1.82, 2.24) is 0 Å². The Morgan fingerprint density at radius 1 is 1.03 bits per heavy atom. The van der Waals surface area contributed by atoms with Gasteiger partial charge in [-0.3, -0.25) is 9.10 Å². The number of ether oxygens (including phenoxy) is 1. The largest absolute Gasteiger partial charge is 0.492 e. The first-order valence-corrected chi connectivity index (χ1v) is 12.8. The minimum Gasteiger partial charge on any atom is -0.492 e. The van der Waals surface area contributed by atoms with E-state index in [1.807, 2.05) is 24.5 Å². The molecule has 168 valence electrons. The highest BCUT2D eigenvalue weighted by Gasteiger charge is 2.29. The molecular weight excluding hydrogens is 468 g/mol. The highest BCUT2D eigenvalue weighted by atomic mass is 35.5. The van der Waals surface area contributed by atoms with E-state index in [1.165, 1.54) is 36.0 Å². The van der Waals surface area contributed by atoms with E-state index in [9.17, 15) is 13.2 Å². The predicted molar refractivity (Wildman–Crippen MR) is 130 cm³/mol. The minimum atomic E-state index is -4.09. The molecule has 0 atom stereocenters. The lowest BCUT2D eigenvalue weighted by Gasteiger charge is -2.26. The van der Waals surface area contributed by atoms with Crippen LogP contribution in [0, 0.1) is 0 Å². The van der Waals surface area contributed by atoms with Gasteiger partial charge >= 0.3 is 0 Å². The summed E-state index contributed by atoms with van der Waals surface area (Å²) in [5, 5.41) is 3.23. The summed E-state index contributed by atoms with van der Waals surface area (Å²) in [4.78, 5) is 13.9. The highest BCUT2D eigenvalue weighted by Crippen LogP contribution is 2.33. The van der Waals surface area contributed by atoms with E-state index in [0.717, 1.165) is 9.20 Å². The second-order valence-corrected chi connectivity index (χ2v) is 9.76. The molecule has 0 unspecified atom stereocenters. The average Bonchev–Trinajstić information content (AvgIpc) is 2.79. The number of amides is 1. The number of sulfonamides is 1. The molecule has 3 aromatic rings. The molecule has 3 aromatic carbocycles. The van der Waals surface area contributed by atoms with E-state index < -0.39 is 22.5 Å². The van der Waals surface area contributed by atoms with Crippen LogP contribution in [0.25, 0.3) is 0 Å². The van der Waals surface area contributed by atoms with Crippen LogP contribution in [-0.2, 0) is 14.8 Å². The first-order valence-electron chi connectivity index (χ1n) is 9.79. The number of hydrogen-bond donors (Lipinski definition) is 1. The van der Waals surface area contributed by atoms with E-state index >= 15 is 0 Å². The van der Waals surface area contributed by atoms with Gasteiger partial charge in [-0.05, 0) is 61.7 Å². The first-order chi connectivity index (χ1) is 15.4. The lowest BCUT2D eigenvalue weighted by molar-refractivity contribution is -0.114. The van der Waals surface area contributed by atoms with Crippen molar-refractivity contribution in [2.45, 2.75) is 16.7 Å². The number of benzene rings is 3. The van der Waals surface area contributed by atoms with Gasteiger partial charge in [0.25, 0.3) is 10.0 Å². The van der Waals surface area contributed by atoms with Gasteiger partial charge in [0.15, 0.2) is 0 Å². The van der Waals surface area contributed by atoms with Gasteiger partial charge in [0.2, 0.25) is 5.91 Å². The molecule has 6 nitrogen and oxygen atoms in total. The zero-order valence-electron chi connectivity index (χ0n) is 17.6. The van der Waals surface area contributed by atoms with Crippen molar-refractivity contribution in [2.24, 2.45) is 0 Å². The van der Waals surface area contributed by atoms with Gasteiger partial charge in [0.05, 0.1) is 22.9 Å². The molecule has 0 aliphatic rings. The third-order valence-corrected chi connectivity index (χ3v) is 7.33. The van der Waals surface area contributed by atoms with Crippen molar-refractivity contribution in [3.63, 3.8) is 0 Å². The van der Waals surface area contributed by atoms with Crippen molar-refractivity contribution in [3.05, 3.63) is 77.8 Å². The van der Waals surface area contributed by atoms with E-state index in [0.29, 0.717) is 23.1 Å². The molecule has 9 heteroatoms.